The number of fused-ring (bicyclic) bond motifs is 1. The van der Waals surface area contributed by atoms with Gasteiger partial charge in [-0.2, -0.15) is 0 Å². The molecule has 0 aliphatic rings. The number of hydrogen-bond donors (Lipinski definition) is 3. The average molecular weight is 288 g/mol. The Morgan fingerprint density at radius 2 is 2.05 bits per heavy atom. The number of carbonyl (C=O) groups excluding carboxylic acids is 1. The van der Waals surface area contributed by atoms with E-state index in [1.54, 1.807) is 31.2 Å². The van der Waals surface area contributed by atoms with E-state index < -0.39 is 17.9 Å². The van der Waals surface area contributed by atoms with Gasteiger partial charge < -0.3 is 15.4 Å². The number of pyridine rings is 1. The largest absolute Gasteiger partial charge is 0.481 e. The van der Waals surface area contributed by atoms with Gasteiger partial charge in [-0.25, -0.2) is 0 Å². The summed E-state index contributed by atoms with van der Waals surface area (Å²) in [7, 11) is 0. The highest BCUT2D eigenvalue weighted by Crippen LogP contribution is 2.08. The Labute approximate surface area is 120 Å². The number of hydrogen-bond acceptors (Lipinski definition) is 3. The maximum absolute atomic E-state index is 12.1. The maximum Gasteiger partial charge on any atom is 0.305 e. The number of amides is 1. The third-order valence-corrected chi connectivity index (χ3v) is 3.23. The second-order valence-corrected chi connectivity index (χ2v) is 4.77. The third kappa shape index (κ3) is 3.47. The molecule has 0 aliphatic heterocycles. The van der Waals surface area contributed by atoms with Crippen LogP contribution in [0.2, 0.25) is 0 Å². The Morgan fingerprint density at radius 3 is 2.71 bits per heavy atom. The molecule has 2 rings (SSSR count). The van der Waals surface area contributed by atoms with Gasteiger partial charge in [0, 0.05) is 23.0 Å². The van der Waals surface area contributed by atoms with Crippen LogP contribution >= 0.6 is 0 Å². The molecule has 1 unspecified atom stereocenters. The van der Waals surface area contributed by atoms with Crippen molar-refractivity contribution in [2.45, 2.75) is 25.8 Å². The molecule has 110 valence electrons. The second-order valence-electron chi connectivity index (χ2n) is 4.77. The van der Waals surface area contributed by atoms with Crippen molar-refractivity contribution < 1.29 is 14.7 Å². The molecule has 0 spiro atoms. The zero-order chi connectivity index (χ0) is 15.4. The van der Waals surface area contributed by atoms with E-state index in [1.807, 2.05) is 0 Å². The molecule has 1 amide bonds. The van der Waals surface area contributed by atoms with Gasteiger partial charge in [-0.05, 0) is 18.6 Å². The molecule has 1 aromatic heterocycles. The first-order valence-electron chi connectivity index (χ1n) is 6.66. The molecule has 0 saturated carbocycles. The van der Waals surface area contributed by atoms with Crippen molar-refractivity contribution in [1.29, 1.82) is 0 Å². The van der Waals surface area contributed by atoms with Crippen LogP contribution in [0.25, 0.3) is 10.9 Å². The van der Waals surface area contributed by atoms with E-state index in [1.165, 1.54) is 6.07 Å². The predicted molar refractivity (Wildman–Crippen MR) is 78.4 cm³/mol. The molecule has 1 aromatic carbocycles. The summed E-state index contributed by atoms with van der Waals surface area (Å²) in [6.07, 6.45) is 0.343. The molecule has 0 saturated heterocycles. The van der Waals surface area contributed by atoms with E-state index in [4.69, 9.17) is 5.11 Å². The highest BCUT2D eigenvalue weighted by atomic mass is 16.4. The molecule has 0 radical (unpaired) electrons. The van der Waals surface area contributed by atoms with Crippen molar-refractivity contribution >= 4 is 22.8 Å². The van der Waals surface area contributed by atoms with Crippen LogP contribution in [0.5, 0.6) is 0 Å². The molecular weight excluding hydrogens is 272 g/mol. The summed E-state index contributed by atoms with van der Waals surface area (Å²) in [4.78, 5) is 37.7. The Morgan fingerprint density at radius 1 is 1.33 bits per heavy atom. The molecular formula is C15H16N2O4. The first-order chi connectivity index (χ1) is 10.0. The molecule has 2 aromatic rings. The number of H-pyrrole nitrogens is 1. The minimum atomic E-state index is -0.978. The summed E-state index contributed by atoms with van der Waals surface area (Å²) >= 11 is 0. The monoisotopic (exact) mass is 288 g/mol. The fourth-order valence-electron chi connectivity index (χ4n) is 2.09. The van der Waals surface area contributed by atoms with Crippen LogP contribution in [-0.2, 0) is 4.79 Å². The van der Waals surface area contributed by atoms with Gasteiger partial charge in [0.05, 0.1) is 6.42 Å². The molecule has 0 aliphatic carbocycles. The van der Waals surface area contributed by atoms with Gasteiger partial charge in [0.25, 0.3) is 5.91 Å². The van der Waals surface area contributed by atoms with Crippen LogP contribution in [0, 0.1) is 0 Å². The molecule has 1 heterocycles. The summed E-state index contributed by atoms with van der Waals surface area (Å²) < 4.78 is 0. The highest BCUT2D eigenvalue weighted by molar-refractivity contribution is 5.95. The summed E-state index contributed by atoms with van der Waals surface area (Å²) in [5.41, 5.74) is 0.449. The molecule has 0 fully saturated rings. The standard InChI is InChI=1S/C15H16N2O4/c1-2-9(7-14(19)20)16-15(21)12-8-13(18)10-5-3-4-6-11(10)17-12/h3-6,8-9H,2,7H2,1H3,(H,16,21)(H,17,18)(H,19,20). The number of benzene rings is 1. The van der Waals surface area contributed by atoms with Crippen LogP contribution in [-0.4, -0.2) is 28.0 Å². The molecule has 3 N–H and O–H groups in total. The zero-order valence-electron chi connectivity index (χ0n) is 11.6. The van der Waals surface area contributed by atoms with Crippen molar-refractivity contribution in [1.82, 2.24) is 10.3 Å². The molecule has 6 nitrogen and oxygen atoms in total. The molecule has 0 bridgehead atoms. The van der Waals surface area contributed by atoms with E-state index in [2.05, 4.69) is 10.3 Å². The first-order valence-corrected chi connectivity index (χ1v) is 6.66. The number of aromatic nitrogens is 1. The number of carboxylic acids is 1. The lowest BCUT2D eigenvalue weighted by Crippen LogP contribution is -2.36. The minimum Gasteiger partial charge on any atom is -0.481 e. The number of para-hydroxylation sites is 1. The first kappa shape index (κ1) is 14.8. The summed E-state index contributed by atoms with van der Waals surface area (Å²) in [5, 5.41) is 11.9. The number of aromatic amines is 1. The molecule has 1 atom stereocenters. The maximum atomic E-state index is 12.1. The SMILES string of the molecule is CCC(CC(=O)O)NC(=O)c1cc(=O)c2ccccc2[nH]1. The molecule has 21 heavy (non-hydrogen) atoms. The van der Waals surface area contributed by atoms with E-state index >= 15 is 0 Å². The molecule has 6 heteroatoms. The van der Waals surface area contributed by atoms with Gasteiger partial charge in [0.2, 0.25) is 0 Å². The number of nitrogens with one attached hydrogen (secondary N) is 2. The summed E-state index contributed by atoms with van der Waals surface area (Å²) in [6.45, 7) is 1.79. The smallest absolute Gasteiger partial charge is 0.305 e. The minimum absolute atomic E-state index is 0.127. The van der Waals surface area contributed by atoms with Crippen molar-refractivity contribution in [2.75, 3.05) is 0 Å². The number of aliphatic carboxylic acids is 1. The van der Waals surface area contributed by atoms with Crippen molar-refractivity contribution in [3.8, 4) is 0 Å². The lowest BCUT2D eigenvalue weighted by Gasteiger charge is -2.14. The van der Waals surface area contributed by atoms with E-state index in [-0.39, 0.29) is 17.5 Å². The number of carboxylic acid groups (broad SMARTS) is 1. The van der Waals surface area contributed by atoms with Crippen LogP contribution in [0.15, 0.2) is 35.1 Å². The van der Waals surface area contributed by atoms with E-state index in [0.717, 1.165) is 0 Å². The Hall–Kier alpha value is -2.63. The van der Waals surface area contributed by atoms with Crippen LogP contribution in [0.4, 0.5) is 0 Å². The fourth-order valence-corrected chi connectivity index (χ4v) is 2.09. The van der Waals surface area contributed by atoms with Gasteiger partial charge in [-0.15, -0.1) is 0 Å². The van der Waals surface area contributed by atoms with Crippen molar-refractivity contribution in [3.63, 3.8) is 0 Å². The lowest BCUT2D eigenvalue weighted by molar-refractivity contribution is -0.137. The predicted octanol–water partition coefficient (Wildman–Crippen LogP) is 1.51. The van der Waals surface area contributed by atoms with Gasteiger partial charge in [-0.1, -0.05) is 19.1 Å². The van der Waals surface area contributed by atoms with E-state index in [0.29, 0.717) is 17.3 Å². The van der Waals surface area contributed by atoms with E-state index in [9.17, 15) is 14.4 Å². The van der Waals surface area contributed by atoms with Gasteiger partial charge in [-0.3, -0.25) is 14.4 Å². The zero-order valence-corrected chi connectivity index (χ0v) is 11.6. The Bertz CT molecular complexity index is 736. The lowest BCUT2D eigenvalue weighted by atomic mass is 10.1. The third-order valence-electron chi connectivity index (χ3n) is 3.23. The van der Waals surface area contributed by atoms with Gasteiger partial charge in [0.15, 0.2) is 5.43 Å². The summed E-state index contributed by atoms with van der Waals surface area (Å²) in [6, 6.07) is 7.66. The number of rotatable bonds is 5. The van der Waals surface area contributed by atoms with Crippen LogP contribution in [0.1, 0.15) is 30.3 Å². The Balaban J connectivity index is 2.27. The summed E-state index contributed by atoms with van der Waals surface area (Å²) in [5.74, 6) is -1.46. The number of carbonyl (C=O) groups is 2. The average Bonchev–Trinajstić information content (AvgIpc) is 2.46. The second kappa shape index (κ2) is 6.21. The van der Waals surface area contributed by atoms with Crippen molar-refractivity contribution in [2.24, 2.45) is 0 Å². The van der Waals surface area contributed by atoms with Crippen molar-refractivity contribution in [3.05, 3.63) is 46.2 Å². The van der Waals surface area contributed by atoms with Gasteiger partial charge >= 0.3 is 5.97 Å². The topological polar surface area (TPSA) is 99.3 Å². The highest BCUT2D eigenvalue weighted by Gasteiger charge is 2.16. The fraction of sp³-hybridized carbons (Fsp3) is 0.267. The van der Waals surface area contributed by atoms with Crippen LogP contribution in [0.3, 0.4) is 0 Å². The Kier molecular flexibility index (Phi) is 4.37. The van der Waals surface area contributed by atoms with Crippen LogP contribution < -0.4 is 10.7 Å². The normalized spacial score (nSPS) is 12.0. The van der Waals surface area contributed by atoms with Gasteiger partial charge in [0.1, 0.15) is 5.69 Å². The quantitative estimate of drug-likeness (QED) is 0.776.